The predicted molar refractivity (Wildman–Crippen MR) is 329 cm³/mol. The molecule has 0 saturated carbocycles. The van der Waals surface area contributed by atoms with Crippen LogP contribution in [-0.4, -0.2) is 112 Å². The van der Waals surface area contributed by atoms with Crippen LogP contribution in [-0.2, 0) is 0 Å². The molecule has 0 fully saturated rings. The van der Waals surface area contributed by atoms with Gasteiger partial charge < -0.3 is 60.9 Å². The zero-order chi connectivity index (χ0) is 58.7. The lowest BCUT2D eigenvalue weighted by Gasteiger charge is -2.20. The number of imidazole rings is 3. The average molecular weight is 1170 g/mol. The van der Waals surface area contributed by atoms with E-state index < -0.39 is 0 Å². The van der Waals surface area contributed by atoms with Gasteiger partial charge in [0.25, 0.3) is 0 Å². The van der Waals surface area contributed by atoms with E-state index >= 15 is 0 Å². The number of halogens is 3. The van der Waals surface area contributed by atoms with Gasteiger partial charge >= 0.3 is 0 Å². The van der Waals surface area contributed by atoms with Gasteiger partial charge in [0.2, 0.25) is 17.8 Å². The second-order valence-electron chi connectivity index (χ2n) is 21.4. The average Bonchev–Trinajstić information content (AvgIpc) is 4.19. The fourth-order valence-corrected chi connectivity index (χ4v) is 8.79. The van der Waals surface area contributed by atoms with E-state index in [0.29, 0.717) is 66.9 Å². The minimum atomic E-state index is -0.142. The van der Waals surface area contributed by atoms with Crippen LogP contribution in [0.4, 0.5) is 52.4 Å². The Labute approximate surface area is 487 Å². The molecule has 0 saturated heterocycles. The molecule has 6 heterocycles. The maximum absolute atomic E-state index is 9.64. The fraction of sp³-hybridized carbons (Fsp3) is 0.421. The molecule has 0 spiro atoms. The van der Waals surface area contributed by atoms with Crippen LogP contribution in [0.3, 0.4) is 0 Å². The van der Waals surface area contributed by atoms with Crippen molar-refractivity contribution in [3.63, 3.8) is 0 Å². The fourth-order valence-electron chi connectivity index (χ4n) is 8.21. The molecule has 3 atom stereocenters. The number of nitrogens with one attached hydrogen (secondary N) is 6. The van der Waals surface area contributed by atoms with Crippen molar-refractivity contribution in [3.8, 4) is 0 Å². The van der Waals surface area contributed by atoms with Gasteiger partial charge in [-0.25, -0.2) is 15.0 Å². The topological polar surface area (TPSA) is 264 Å². The second kappa shape index (κ2) is 28.0. The molecule has 21 nitrogen and oxygen atoms in total. The lowest BCUT2D eigenvalue weighted by molar-refractivity contribution is 0.248. The zero-order valence-corrected chi connectivity index (χ0v) is 50.1. The summed E-state index contributed by atoms with van der Waals surface area (Å²) in [6.45, 7) is 24.7. The molecule has 9 rings (SSSR count). The lowest BCUT2D eigenvalue weighted by Crippen LogP contribution is -2.30. The van der Waals surface area contributed by atoms with Gasteiger partial charge in [-0.15, -0.1) is 0 Å². The first-order valence-corrected chi connectivity index (χ1v) is 28.2. The Morgan fingerprint density at radius 2 is 0.654 bits per heavy atom. The Morgan fingerprint density at radius 1 is 0.395 bits per heavy atom. The summed E-state index contributed by atoms with van der Waals surface area (Å²) >= 11 is 18.3. The second-order valence-corrected chi connectivity index (χ2v) is 22.7. The minimum absolute atomic E-state index is 0.000435. The summed E-state index contributed by atoms with van der Waals surface area (Å²) in [6.07, 6.45) is 5.30. The van der Waals surface area contributed by atoms with Crippen LogP contribution in [0.25, 0.3) is 33.5 Å². The Kier molecular flexibility index (Phi) is 21.3. The summed E-state index contributed by atoms with van der Waals surface area (Å²) in [5, 5.41) is 50.4. The van der Waals surface area contributed by atoms with Gasteiger partial charge in [0.1, 0.15) is 0 Å². The normalized spacial score (nSPS) is 12.7. The number of rotatable bonds is 21. The van der Waals surface area contributed by atoms with E-state index in [0.717, 1.165) is 34.0 Å². The zero-order valence-electron chi connectivity index (χ0n) is 47.8. The monoisotopic (exact) mass is 1160 g/mol. The molecule has 24 heteroatoms. The number of aliphatic hydroxyl groups is 3. The highest BCUT2D eigenvalue weighted by atomic mass is 35.5. The SMILES string of the molecule is CC(C)[C@H](CO)Nc1nc(Nc2cccc(Cl)c2)c2ncn(C(C)C)c2n1.CC(C)[C@H](CO)Nc1nc(Nc2cccc(Cl)c2)c2ncn(C(C)C)c2n1.CC(C)[C@H](CO)Nc1nc(Nc2cccc(Cl)c2)c2ncn(C(C)C)c2n1. The first kappa shape index (κ1) is 61.5. The number of hydrogen-bond acceptors (Lipinski definition) is 18. The summed E-state index contributed by atoms with van der Waals surface area (Å²) in [4.78, 5) is 41.3. The van der Waals surface area contributed by atoms with Crippen LogP contribution in [0.2, 0.25) is 15.1 Å². The number of nitrogens with zero attached hydrogens (tertiary/aromatic N) is 12. The number of benzene rings is 3. The minimum Gasteiger partial charge on any atom is -0.394 e. The predicted octanol–water partition coefficient (Wildman–Crippen LogP) is 12.7. The van der Waals surface area contributed by atoms with E-state index in [-0.39, 0.29) is 73.8 Å². The molecule has 9 N–H and O–H groups in total. The third-order valence-electron chi connectivity index (χ3n) is 13.1. The van der Waals surface area contributed by atoms with E-state index in [1.165, 1.54) is 0 Å². The Morgan fingerprint density at radius 3 is 0.864 bits per heavy atom. The number of aromatic nitrogens is 12. The Bertz CT molecular complexity index is 3130. The maximum atomic E-state index is 9.64. The smallest absolute Gasteiger partial charge is 0.227 e. The highest BCUT2D eigenvalue weighted by Gasteiger charge is 2.22. The van der Waals surface area contributed by atoms with Gasteiger partial charge in [-0.3, -0.25) is 0 Å². The van der Waals surface area contributed by atoms with Crippen LogP contribution in [0, 0.1) is 17.8 Å². The van der Waals surface area contributed by atoms with Crippen molar-refractivity contribution in [1.29, 1.82) is 0 Å². The van der Waals surface area contributed by atoms with E-state index in [2.05, 4.69) is 118 Å². The van der Waals surface area contributed by atoms with E-state index in [1.54, 1.807) is 19.0 Å². The van der Waals surface area contributed by atoms with Gasteiger partial charge in [-0.05, 0) is 114 Å². The molecule has 81 heavy (non-hydrogen) atoms. The molecule has 3 aromatic carbocycles. The molecule has 0 aliphatic heterocycles. The van der Waals surface area contributed by atoms with Crippen LogP contribution in [0.5, 0.6) is 0 Å². The van der Waals surface area contributed by atoms with Crippen molar-refractivity contribution in [2.75, 3.05) is 51.7 Å². The van der Waals surface area contributed by atoms with Crippen molar-refractivity contribution >= 4 is 121 Å². The number of anilines is 9. The Balaban J connectivity index is 0.000000175. The number of aliphatic hydroxyl groups excluding tert-OH is 3. The van der Waals surface area contributed by atoms with Gasteiger partial charge in [-0.2, -0.15) is 29.9 Å². The first-order valence-electron chi connectivity index (χ1n) is 27.1. The summed E-state index contributed by atoms with van der Waals surface area (Å²) in [5.41, 5.74) is 6.67. The molecule has 0 aliphatic rings. The molecule has 0 aliphatic carbocycles. The van der Waals surface area contributed by atoms with Crippen molar-refractivity contribution in [3.05, 3.63) is 107 Å². The summed E-state index contributed by atoms with van der Waals surface area (Å²) < 4.78 is 5.98. The molecular formula is C57H75Cl3N18O3. The highest BCUT2D eigenvalue weighted by Crippen LogP contribution is 2.31. The van der Waals surface area contributed by atoms with Crippen molar-refractivity contribution < 1.29 is 15.3 Å². The van der Waals surface area contributed by atoms with Crippen LogP contribution in [0.15, 0.2) is 91.8 Å². The third-order valence-corrected chi connectivity index (χ3v) is 13.8. The number of hydrogen-bond donors (Lipinski definition) is 9. The standard InChI is InChI=1S/3C19H25ClN6O/c3*1-11(2)15(9-27)23-19-24-17(22-14-7-5-6-13(20)8-14)16-18(25-19)26(10-21-16)12(3)4/h3*5-8,10-12,15,27H,9H2,1-4H3,(H2,22,23,24,25)/t3*15-/m000/s1. The van der Waals surface area contributed by atoms with E-state index in [1.807, 2.05) is 128 Å². The first-order chi connectivity index (χ1) is 38.7. The largest absolute Gasteiger partial charge is 0.394 e. The van der Waals surface area contributed by atoms with E-state index in [9.17, 15) is 15.3 Å². The molecular weight excluding hydrogens is 1090 g/mol. The van der Waals surface area contributed by atoms with Crippen molar-refractivity contribution in [2.45, 2.75) is 119 Å². The van der Waals surface area contributed by atoms with Gasteiger partial charge in [0.05, 0.1) is 56.9 Å². The maximum Gasteiger partial charge on any atom is 0.227 e. The molecule has 0 radical (unpaired) electrons. The van der Waals surface area contributed by atoms with Crippen molar-refractivity contribution in [2.24, 2.45) is 17.8 Å². The molecule has 0 amide bonds. The molecule has 0 bridgehead atoms. The van der Waals surface area contributed by atoms with Gasteiger partial charge in [0, 0.05) is 50.3 Å². The van der Waals surface area contributed by atoms with E-state index in [4.69, 9.17) is 34.8 Å². The summed E-state index contributed by atoms with van der Waals surface area (Å²) in [7, 11) is 0. The number of fused-ring (bicyclic) bond motifs is 3. The van der Waals surface area contributed by atoms with Crippen LogP contribution in [0.1, 0.15) is 101 Å². The van der Waals surface area contributed by atoms with Crippen molar-refractivity contribution in [1.82, 2.24) is 58.6 Å². The van der Waals surface area contributed by atoms with Gasteiger partial charge in [-0.1, -0.05) is 94.5 Å². The van der Waals surface area contributed by atoms with Crippen LogP contribution < -0.4 is 31.9 Å². The molecule has 9 aromatic rings. The third kappa shape index (κ3) is 15.9. The lowest BCUT2D eigenvalue weighted by atomic mass is 10.1. The molecule has 432 valence electrons. The highest BCUT2D eigenvalue weighted by molar-refractivity contribution is 6.31. The Hall–Kier alpha value is -7.14. The summed E-state index contributed by atoms with van der Waals surface area (Å²) in [5.74, 6) is 3.79. The van der Waals surface area contributed by atoms with Crippen LogP contribution >= 0.6 is 34.8 Å². The quantitative estimate of drug-likeness (QED) is 0.0324. The summed E-state index contributed by atoms with van der Waals surface area (Å²) in [6, 6.07) is 22.5. The molecule has 6 aromatic heterocycles. The molecule has 0 unspecified atom stereocenters. The van der Waals surface area contributed by atoms with Gasteiger partial charge in [0.15, 0.2) is 50.9 Å².